The fourth-order valence-corrected chi connectivity index (χ4v) is 5.22. The maximum Gasteiger partial charge on any atom is 0.338 e. The van der Waals surface area contributed by atoms with Crippen LogP contribution in [0.5, 0.6) is 0 Å². The Bertz CT molecular complexity index is 1090. The van der Waals surface area contributed by atoms with Gasteiger partial charge in [-0.15, -0.1) is 0 Å². The molecule has 0 radical (unpaired) electrons. The first-order chi connectivity index (χ1) is 14.0. The van der Waals surface area contributed by atoms with Crippen molar-refractivity contribution >= 4 is 39.2 Å². The number of nitrogens with one attached hydrogen (secondary N) is 1. The van der Waals surface area contributed by atoms with E-state index in [1.807, 2.05) is 0 Å². The Morgan fingerprint density at radius 3 is 2.10 bits per heavy atom. The molecule has 3 rings (SSSR count). The molecule has 30 heavy (non-hydrogen) atoms. The van der Waals surface area contributed by atoms with E-state index in [4.69, 9.17) is 4.74 Å². The number of esters is 1. The largest absolute Gasteiger partial charge is 0.462 e. The van der Waals surface area contributed by atoms with Gasteiger partial charge in [-0.3, -0.25) is 9.59 Å². The van der Waals surface area contributed by atoms with Gasteiger partial charge in [-0.25, -0.2) is 17.5 Å². The lowest BCUT2D eigenvalue weighted by atomic mass is 9.95. The molecule has 158 valence electrons. The van der Waals surface area contributed by atoms with Crippen LogP contribution in [0.15, 0.2) is 48.5 Å². The first-order valence-electron chi connectivity index (χ1n) is 9.31. The van der Waals surface area contributed by atoms with E-state index in [1.54, 1.807) is 45.0 Å². The van der Waals surface area contributed by atoms with Gasteiger partial charge in [-0.1, -0.05) is 0 Å². The number of nitrogens with zero attached hydrogens (tertiary/aromatic N) is 1. The van der Waals surface area contributed by atoms with Crippen LogP contribution in [0.1, 0.15) is 41.5 Å². The molecule has 2 aromatic carbocycles. The zero-order chi connectivity index (χ0) is 22.1. The first-order valence-corrected chi connectivity index (χ1v) is 10.9. The lowest BCUT2D eigenvalue weighted by molar-refractivity contribution is -0.123. The molecular formula is C21H22N2O6S. The van der Waals surface area contributed by atoms with Gasteiger partial charge in [0.1, 0.15) is 0 Å². The Morgan fingerprint density at radius 2 is 1.60 bits per heavy atom. The van der Waals surface area contributed by atoms with E-state index in [1.165, 1.54) is 24.3 Å². The number of benzene rings is 2. The Labute approximate surface area is 174 Å². The molecule has 1 N–H and O–H groups in total. The standard InChI is InChI=1S/C21H22N2O6S/c1-4-29-19(25)15-5-9-16(10-6-15)22-18(24)14-7-11-17(12-8-14)23-20(26)21(2,3)13-30(23,27)28/h5-12H,4,13H2,1-3H3,(H,22,24). The molecule has 0 spiro atoms. The molecule has 0 unspecified atom stereocenters. The Morgan fingerprint density at radius 1 is 1.03 bits per heavy atom. The summed E-state index contributed by atoms with van der Waals surface area (Å²) in [6.45, 7) is 5.16. The van der Waals surface area contributed by atoms with Crippen LogP contribution in [0.4, 0.5) is 11.4 Å². The van der Waals surface area contributed by atoms with Gasteiger partial charge < -0.3 is 10.1 Å². The van der Waals surface area contributed by atoms with E-state index >= 15 is 0 Å². The normalized spacial score (nSPS) is 16.9. The zero-order valence-electron chi connectivity index (χ0n) is 16.8. The number of carbonyl (C=O) groups excluding carboxylic acids is 3. The monoisotopic (exact) mass is 430 g/mol. The lowest BCUT2D eigenvalue weighted by Gasteiger charge is -2.17. The minimum absolute atomic E-state index is 0.195. The van der Waals surface area contributed by atoms with E-state index in [9.17, 15) is 22.8 Å². The molecule has 1 saturated heterocycles. The molecule has 0 bridgehead atoms. The van der Waals surface area contributed by atoms with Crippen LogP contribution >= 0.6 is 0 Å². The number of amides is 2. The number of ether oxygens (including phenoxy) is 1. The van der Waals surface area contributed by atoms with Crippen molar-refractivity contribution in [1.82, 2.24) is 0 Å². The second-order valence-electron chi connectivity index (χ2n) is 7.51. The molecule has 1 fully saturated rings. The molecule has 0 saturated carbocycles. The number of rotatable bonds is 5. The van der Waals surface area contributed by atoms with E-state index in [0.29, 0.717) is 11.3 Å². The quantitative estimate of drug-likeness (QED) is 0.731. The van der Waals surface area contributed by atoms with Gasteiger partial charge in [0.2, 0.25) is 15.9 Å². The average molecular weight is 430 g/mol. The smallest absolute Gasteiger partial charge is 0.338 e. The van der Waals surface area contributed by atoms with Crippen LogP contribution in [-0.4, -0.2) is 38.6 Å². The van der Waals surface area contributed by atoms with Crippen molar-refractivity contribution in [3.8, 4) is 0 Å². The maximum absolute atomic E-state index is 12.5. The molecular weight excluding hydrogens is 408 g/mol. The van der Waals surface area contributed by atoms with E-state index in [-0.39, 0.29) is 23.6 Å². The van der Waals surface area contributed by atoms with Crippen molar-refractivity contribution in [2.45, 2.75) is 20.8 Å². The van der Waals surface area contributed by atoms with E-state index < -0.39 is 33.2 Å². The second-order valence-corrected chi connectivity index (χ2v) is 9.33. The molecule has 2 aromatic rings. The first kappa shape index (κ1) is 21.5. The predicted molar refractivity (Wildman–Crippen MR) is 112 cm³/mol. The molecule has 1 aliphatic rings. The van der Waals surface area contributed by atoms with Crippen LogP contribution in [0.3, 0.4) is 0 Å². The fourth-order valence-electron chi connectivity index (χ4n) is 3.12. The van der Waals surface area contributed by atoms with E-state index in [2.05, 4.69) is 5.32 Å². The summed E-state index contributed by atoms with van der Waals surface area (Å²) in [6.07, 6.45) is 0. The van der Waals surface area contributed by atoms with Gasteiger partial charge in [0.05, 0.1) is 29.0 Å². The molecule has 0 aromatic heterocycles. The Kier molecular flexibility index (Phi) is 5.67. The van der Waals surface area contributed by atoms with Crippen molar-refractivity contribution in [3.05, 3.63) is 59.7 Å². The van der Waals surface area contributed by atoms with Crippen LogP contribution in [0.2, 0.25) is 0 Å². The summed E-state index contributed by atoms with van der Waals surface area (Å²) in [5.41, 5.74) is 0.345. The summed E-state index contributed by atoms with van der Waals surface area (Å²) in [5, 5.41) is 2.69. The second kappa shape index (κ2) is 7.91. The number of hydrogen-bond acceptors (Lipinski definition) is 6. The van der Waals surface area contributed by atoms with Gasteiger partial charge in [0.25, 0.3) is 5.91 Å². The minimum atomic E-state index is -3.75. The van der Waals surface area contributed by atoms with Crippen LogP contribution in [0, 0.1) is 5.41 Å². The SMILES string of the molecule is CCOC(=O)c1ccc(NC(=O)c2ccc(N3C(=O)C(C)(C)CS3(=O)=O)cc2)cc1. The van der Waals surface area contributed by atoms with Crippen LogP contribution < -0.4 is 9.62 Å². The molecule has 8 nitrogen and oxygen atoms in total. The van der Waals surface area contributed by atoms with E-state index in [0.717, 1.165) is 4.31 Å². The highest BCUT2D eigenvalue weighted by Gasteiger charge is 2.49. The number of sulfonamides is 1. The molecule has 9 heteroatoms. The van der Waals surface area contributed by atoms with Crippen molar-refractivity contribution in [2.75, 3.05) is 22.0 Å². The summed E-state index contributed by atoms with van der Waals surface area (Å²) in [7, 11) is -3.75. The van der Waals surface area contributed by atoms with Gasteiger partial charge in [0, 0.05) is 11.3 Å². The molecule has 0 aliphatic carbocycles. The number of carbonyl (C=O) groups is 3. The highest BCUT2D eigenvalue weighted by Crippen LogP contribution is 2.35. The van der Waals surface area contributed by atoms with Crippen LogP contribution in [-0.2, 0) is 19.6 Å². The van der Waals surface area contributed by atoms with Crippen molar-refractivity contribution in [1.29, 1.82) is 0 Å². The fraction of sp³-hybridized carbons (Fsp3) is 0.286. The predicted octanol–water partition coefficient (Wildman–Crippen LogP) is 2.82. The highest BCUT2D eigenvalue weighted by atomic mass is 32.2. The number of hydrogen-bond donors (Lipinski definition) is 1. The van der Waals surface area contributed by atoms with Crippen molar-refractivity contribution < 1.29 is 27.5 Å². The van der Waals surface area contributed by atoms with Crippen LogP contribution in [0.25, 0.3) is 0 Å². The highest BCUT2D eigenvalue weighted by molar-refractivity contribution is 7.94. The molecule has 1 heterocycles. The summed E-state index contributed by atoms with van der Waals surface area (Å²) in [5.74, 6) is -1.62. The van der Waals surface area contributed by atoms with Gasteiger partial charge in [0.15, 0.2) is 0 Å². The van der Waals surface area contributed by atoms with Crippen molar-refractivity contribution in [2.24, 2.45) is 5.41 Å². The van der Waals surface area contributed by atoms with Gasteiger partial charge >= 0.3 is 5.97 Å². The summed E-state index contributed by atoms with van der Waals surface area (Å²) in [4.78, 5) is 36.6. The van der Waals surface area contributed by atoms with Crippen molar-refractivity contribution in [3.63, 3.8) is 0 Å². The third-order valence-electron chi connectivity index (χ3n) is 4.60. The Hall–Kier alpha value is -3.20. The average Bonchev–Trinajstić information content (AvgIpc) is 2.85. The molecule has 2 amide bonds. The summed E-state index contributed by atoms with van der Waals surface area (Å²) in [6, 6.07) is 12.0. The maximum atomic E-state index is 12.5. The van der Waals surface area contributed by atoms with Gasteiger partial charge in [-0.05, 0) is 69.3 Å². The lowest BCUT2D eigenvalue weighted by Crippen LogP contribution is -2.32. The Balaban J connectivity index is 1.73. The summed E-state index contributed by atoms with van der Waals surface area (Å²) >= 11 is 0. The third-order valence-corrected chi connectivity index (χ3v) is 6.62. The summed E-state index contributed by atoms with van der Waals surface area (Å²) < 4.78 is 30.4. The number of anilines is 2. The molecule has 1 aliphatic heterocycles. The zero-order valence-corrected chi connectivity index (χ0v) is 17.7. The third kappa shape index (κ3) is 4.20. The molecule has 0 atom stereocenters. The topological polar surface area (TPSA) is 110 Å². The minimum Gasteiger partial charge on any atom is -0.462 e. The van der Waals surface area contributed by atoms with Gasteiger partial charge in [-0.2, -0.15) is 0 Å².